The Kier molecular flexibility index (Phi) is 7.37. The van der Waals surface area contributed by atoms with Gasteiger partial charge in [-0.15, -0.1) is 34.9 Å². The highest BCUT2D eigenvalue weighted by Gasteiger charge is 2.16. The maximum absolute atomic E-state index is 13.2. The number of hydrogen-bond acceptors (Lipinski definition) is 4. The Balaban J connectivity index is 0.00000289. The average molecular weight is 513 g/mol. The Morgan fingerprint density at radius 2 is 1.81 bits per heavy atom. The molecule has 0 bridgehead atoms. The SMILES string of the molecule is Br.C=CCn1c(-c2ccc(OC)cc2)csc1=Nc1c(C)n(C)n(-c2ccccc2)c1=O. The van der Waals surface area contributed by atoms with Crippen LogP contribution in [-0.4, -0.2) is 21.0 Å². The summed E-state index contributed by atoms with van der Waals surface area (Å²) in [6, 6.07) is 17.5. The molecule has 0 aliphatic heterocycles. The molecule has 8 heteroatoms. The highest BCUT2D eigenvalue weighted by atomic mass is 79.9. The summed E-state index contributed by atoms with van der Waals surface area (Å²) >= 11 is 1.50. The molecule has 0 atom stereocenters. The van der Waals surface area contributed by atoms with Gasteiger partial charge in [-0.25, -0.2) is 9.67 Å². The van der Waals surface area contributed by atoms with Gasteiger partial charge in [-0.05, 0) is 48.9 Å². The molecule has 0 N–H and O–H groups in total. The zero-order chi connectivity index (χ0) is 22.0. The van der Waals surface area contributed by atoms with Gasteiger partial charge in [0, 0.05) is 19.0 Å². The minimum Gasteiger partial charge on any atom is -0.497 e. The van der Waals surface area contributed by atoms with Crippen molar-refractivity contribution in [3.05, 3.63) is 93.5 Å². The average Bonchev–Trinajstić information content (AvgIpc) is 3.28. The quantitative estimate of drug-likeness (QED) is 0.340. The summed E-state index contributed by atoms with van der Waals surface area (Å²) in [5.74, 6) is 0.806. The van der Waals surface area contributed by atoms with E-state index in [0.29, 0.717) is 12.2 Å². The van der Waals surface area contributed by atoms with Gasteiger partial charge in [0.05, 0.1) is 24.2 Å². The number of nitrogens with zero attached hydrogens (tertiary/aromatic N) is 4. The van der Waals surface area contributed by atoms with Crippen molar-refractivity contribution in [1.82, 2.24) is 13.9 Å². The van der Waals surface area contributed by atoms with E-state index >= 15 is 0 Å². The second-order valence-electron chi connectivity index (χ2n) is 7.05. The number of para-hydroxylation sites is 1. The fourth-order valence-corrected chi connectivity index (χ4v) is 4.42. The summed E-state index contributed by atoms with van der Waals surface area (Å²) in [6.07, 6.45) is 1.83. The van der Waals surface area contributed by atoms with Crippen LogP contribution in [0.3, 0.4) is 0 Å². The third-order valence-corrected chi connectivity index (χ3v) is 6.09. The molecule has 32 heavy (non-hydrogen) atoms. The summed E-state index contributed by atoms with van der Waals surface area (Å²) in [6.45, 7) is 6.39. The maximum Gasteiger partial charge on any atom is 0.297 e. The molecule has 2 heterocycles. The fourth-order valence-electron chi connectivity index (χ4n) is 3.50. The van der Waals surface area contributed by atoms with Gasteiger partial charge in [0.2, 0.25) is 0 Å². The van der Waals surface area contributed by atoms with Crippen LogP contribution < -0.4 is 15.1 Å². The zero-order valence-corrected chi connectivity index (χ0v) is 20.7. The van der Waals surface area contributed by atoms with Crippen molar-refractivity contribution in [2.45, 2.75) is 13.5 Å². The summed E-state index contributed by atoms with van der Waals surface area (Å²) in [4.78, 5) is 18.8. The topological polar surface area (TPSA) is 53.4 Å². The van der Waals surface area contributed by atoms with E-state index in [1.54, 1.807) is 11.8 Å². The third-order valence-electron chi connectivity index (χ3n) is 5.23. The molecule has 2 aromatic heterocycles. The van der Waals surface area contributed by atoms with Crippen LogP contribution in [0.4, 0.5) is 5.69 Å². The number of aromatic nitrogens is 3. The number of thiazole rings is 1. The predicted molar refractivity (Wildman–Crippen MR) is 136 cm³/mol. The largest absolute Gasteiger partial charge is 0.497 e. The van der Waals surface area contributed by atoms with E-state index < -0.39 is 0 Å². The van der Waals surface area contributed by atoms with Crippen LogP contribution in [0.25, 0.3) is 16.9 Å². The van der Waals surface area contributed by atoms with Gasteiger partial charge in [0.15, 0.2) is 10.5 Å². The Hall–Kier alpha value is -3.10. The second kappa shape index (κ2) is 10.0. The van der Waals surface area contributed by atoms with Crippen molar-refractivity contribution in [2.75, 3.05) is 7.11 Å². The van der Waals surface area contributed by atoms with Crippen LogP contribution in [0.5, 0.6) is 5.75 Å². The molecule has 4 rings (SSSR count). The lowest BCUT2D eigenvalue weighted by atomic mass is 10.1. The van der Waals surface area contributed by atoms with Gasteiger partial charge in [0.1, 0.15) is 5.75 Å². The first-order valence-corrected chi connectivity index (χ1v) is 10.8. The fraction of sp³-hybridized carbons (Fsp3) is 0.167. The summed E-state index contributed by atoms with van der Waals surface area (Å²) < 4.78 is 10.8. The van der Waals surface area contributed by atoms with Crippen molar-refractivity contribution in [3.63, 3.8) is 0 Å². The lowest BCUT2D eigenvalue weighted by molar-refractivity contribution is 0.415. The molecule has 0 aliphatic carbocycles. The molecule has 4 aromatic rings. The van der Waals surface area contributed by atoms with Crippen molar-refractivity contribution in [1.29, 1.82) is 0 Å². The van der Waals surface area contributed by atoms with E-state index in [2.05, 4.69) is 16.5 Å². The van der Waals surface area contributed by atoms with E-state index in [-0.39, 0.29) is 22.5 Å². The molecule has 0 saturated carbocycles. The van der Waals surface area contributed by atoms with Crippen LogP contribution in [0, 0.1) is 6.92 Å². The maximum atomic E-state index is 13.2. The Bertz CT molecular complexity index is 1350. The first kappa shape index (κ1) is 23.6. The molecule has 0 amide bonds. The molecule has 0 spiro atoms. The molecular weight excluding hydrogens is 488 g/mol. The normalized spacial score (nSPS) is 11.3. The number of hydrogen-bond donors (Lipinski definition) is 0. The minimum absolute atomic E-state index is 0. The summed E-state index contributed by atoms with van der Waals surface area (Å²) in [5, 5.41) is 2.05. The molecule has 0 unspecified atom stereocenters. The number of methoxy groups -OCH3 is 1. The Labute approximate surface area is 201 Å². The van der Waals surface area contributed by atoms with Gasteiger partial charge in [0.25, 0.3) is 5.56 Å². The van der Waals surface area contributed by atoms with Gasteiger partial charge in [-0.1, -0.05) is 24.3 Å². The highest BCUT2D eigenvalue weighted by molar-refractivity contribution is 8.93. The lowest BCUT2D eigenvalue weighted by Crippen LogP contribution is -2.20. The van der Waals surface area contributed by atoms with E-state index in [0.717, 1.165) is 33.2 Å². The lowest BCUT2D eigenvalue weighted by Gasteiger charge is -2.07. The number of ether oxygens (including phenoxy) is 1. The first-order valence-electron chi connectivity index (χ1n) is 9.87. The van der Waals surface area contributed by atoms with Gasteiger partial charge in [-0.3, -0.25) is 9.48 Å². The van der Waals surface area contributed by atoms with Gasteiger partial charge >= 0.3 is 0 Å². The van der Waals surface area contributed by atoms with Crippen LogP contribution in [0.2, 0.25) is 0 Å². The monoisotopic (exact) mass is 512 g/mol. The summed E-state index contributed by atoms with van der Waals surface area (Å²) in [5.41, 5.74) is 3.97. The van der Waals surface area contributed by atoms with Crippen LogP contribution in [-0.2, 0) is 13.6 Å². The molecule has 2 aromatic carbocycles. The van der Waals surface area contributed by atoms with Crippen molar-refractivity contribution < 1.29 is 4.74 Å². The van der Waals surface area contributed by atoms with Crippen LogP contribution >= 0.6 is 28.3 Å². The third kappa shape index (κ3) is 4.28. The van der Waals surface area contributed by atoms with Crippen molar-refractivity contribution in [2.24, 2.45) is 12.0 Å². The first-order chi connectivity index (χ1) is 15.0. The van der Waals surface area contributed by atoms with Crippen molar-refractivity contribution >= 4 is 34.0 Å². The van der Waals surface area contributed by atoms with Crippen molar-refractivity contribution in [3.8, 4) is 22.7 Å². The number of benzene rings is 2. The predicted octanol–water partition coefficient (Wildman–Crippen LogP) is 5.02. The number of rotatable bonds is 6. The Morgan fingerprint density at radius 1 is 1.12 bits per heavy atom. The smallest absolute Gasteiger partial charge is 0.297 e. The van der Waals surface area contributed by atoms with E-state index in [1.165, 1.54) is 11.3 Å². The second-order valence-corrected chi connectivity index (χ2v) is 7.89. The number of halogens is 1. The molecular formula is C24H25BrN4O2S. The minimum atomic E-state index is -0.143. The van der Waals surface area contributed by atoms with E-state index in [9.17, 15) is 4.79 Å². The number of allylic oxidation sites excluding steroid dienone is 1. The van der Waals surface area contributed by atoms with Gasteiger partial charge < -0.3 is 9.30 Å². The molecule has 0 fully saturated rings. The van der Waals surface area contributed by atoms with Gasteiger partial charge in [-0.2, -0.15) is 0 Å². The van der Waals surface area contributed by atoms with Crippen LogP contribution in [0.1, 0.15) is 5.69 Å². The molecule has 0 saturated heterocycles. The molecule has 166 valence electrons. The molecule has 0 aliphatic rings. The van der Waals surface area contributed by atoms with E-state index in [1.807, 2.05) is 79.3 Å². The molecule has 0 radical (unpaired) electrons. The standard InChI is InChI=1S/C24H24N4O2S.BrH/c1-5-15-27-21(18-11-13-20(30-4)14-12-18)16-31-24(27)25-22-17(2)26(3)28(23(22)29)19-9-7-6-8-10-19;/h5-14,16H,1,15H2,2-4H3;1H. The van der Waals surface area contributed by atoms with Crippen LogP contribution in [0.15, 0.2) is 82.4 Å². The van der Waals surface area contributed by atoms with E-state index in [4.69, 9.17) is 9.73 Å². The zero-order valence-electron chi connectivity index (χ0n) is 18.2. The molecule has 6 nitrogen and oxygen atoms in total. The summed E-state index contributed by atoms with van der Waals surface area (Å²) in [7, 11) is 3.52. The highest BCUT2D eigenvalue weighted by Crippen LogP contribution is 2.24. The Morgan fingerprint density at radius 3 is 2.44 bits per heavy atom.